The topological polar surface area (TPSA) is 130 Å². The van der Waals surface area contributed by atoms with E-state index in [-0.39, 0.29) is 16.0 Å². The van der Waals surface area contributed by atoms with Gasteiger partial charge < -0.3 is 10.6 Å². The second-order valence-electron chi connectivity index (χ2n) is 7.45. The lowest BCUT2D eigenvalue weighted by atomic mass is 10.1. The first-order valence-electron chi connectivity index (χ1n) is 10.1. The lowest BCUT2D eigenvalue weighted by Crippen LogP contribution is -2.12. The Balaban J connectivity index is 1.82. The molecule has 0 bridgehead atoms. The first kappa shape index (κ1) is 22.2. The number of nitrogens with one attached hydrogen (secondary N) is 3. The number of sulfone groups is 1. The number of aromatic nitrogens is 4. The molecule has 3 N–H and O–H groups in total. The molecule has 0 radical (unpaired) electrons. The summed E-state index contributed by atoms with van der Waals surface area (Å²) in [5, 5.41) is 12.3. The van der Waals surface area contributed by atoms with Gasteiger partial charge >= 0.3 is 0 Å². The lowest BCUT2D eigenvalue weighted by molar-refractivity contribution is -0.114. The van der Waals surface area contributed by atoms with Crippen LogP contribution in [0.2, 0.25) is 0 Å². The largest absolute Gasteiger partial charge is 0.326 e. The average molecular weight is 463 g/mol. The van der Waals surface area contributed by atoms with Crippen LogP contribution < -0.4 is 10.6 Å². The van der Waals surface area contributed by atoms with Crippen LogP contribution in [0.15, 0.2) is 70.7 Å². The van der Waals surface area contributed by atoms with Gasteiger partial charge in [0.1, 0.15) is 11.6 Å². The molecule has 33 heavy (non-hydrogen) atoms. The van der Waals surface area contributed by atoms with E-state index in [1.807, 2.05) is 44.2 Å². The maximum Gasteiger partial charge on any atom is 0.254 e. The van der Waals surface area contributed by atoms with E-state index in [0.29, 0.717) is 28.6 Å². The molecule has 9 nitrogen and oxygen atoms in total. The van der Waals surface area contributed by atoms with Crippen molar-refractivity contribution in [2.45, 2.75) is 30.8 Å². The Labute approximate surface area is 191 Å². The Morgan fingerprint density at radius 1 is 0.970 bits per heavy atom. The SMILES string of the molecule is CC(=O)Nc1ccc(S(=O)(=O)c2nc(Nc3cc(C)n[nH]3)c(C)c(-c3ccccc3)n2)cc1. The Morgan fingerprint density at radius 2 is 1.67 bits per heavy atom. The van der Waals surface area contributed by atoms with Crippen LogP contribution in [0, 0.1) is 13.8 Å². The van der Waals surface area contributed by atoms with Crippen LogP contribution in [0.4, 0.5) is 17.3 Å². The third-order valence-corrected chi connectivity index (χ3v) is 6.41. The lowest BCUT2D eigenvalue weighted by Gasteiger charge is -2.14. The maximum atomic E-state index is 13.4. The van der Waals surface area contributed by atoms with Gasteiger partial charge in [-0.05, 0) is 38.1 Å². The number of hydrogen-bond acceptors (Lipinski definition) is 7. The predicted molar refractivity (Wildman–Crippen MR) is 125 cm³/mol. The van der Waals surface area contributed by atoms with Crippen LogP contribution in [0.5, 0.6) is 0 Å². The number of anilines is 3. The van der Waals surface area contributed by atoms with Crippen molar-refractivity contribution in [2.75, 3.05) is 10.6 Å². The summed E-state index contributed by atoms with van der Waals surface area (Å²) in [7, 11) is -4.04. The van der Waals surface area contributed by atoms with E-state index in [9.17, 15) is 13.2 Å². The second kappa shape index (κ2) is 8.83. The highest BCUT2D eigenvalue weighted by Gasteiger charge is 2.25. The van der Waals surface area contributed by atoms with Crippen LogP contribution in [0.25, 0.3) is 11.3 Å². The molecule has 2 aromatic carbocycles. The molecule has 0 aliphatic carbocycles. The van der Waals surface area contributed by atoms with Gasteiger partial charge in [0.2, 0.25) is 15.7 Å². The van der Waals surface area contributed by atoms with Gasteiger partial charge in [-0.25, -0.2) is 18.4 Å². The minimum atomic E-state index is -4.04. The number of hydrogen-bond donors (Lipinski definition) is 3. The van der Waals surface area contributed by atoms with E-state index >= 15 is 0 Å². The summed E-state index contributed by atoms with van der Waals surface area (Å²) >= 11 is 0. The molecular formula is C23H22N6O3S. The minimum absolute atomic E-state index is 0.0165. The quantitative estimate of drug-likeness (QED) is 0.369. The van der Waals surface area contributed by atoms with Gasteiger partial charge in [-0.15, -0.1) is 0 Å². The molecule has 0 unspecified atom stereocenters. The number of aromatic amines is 1. The number of carbonyl (C=O) groups is 1. The van der Waals surface area contributed by atoms with Crippen molar-refractivity contribution in [1.82, 2.24) is 20.2 Å². The molecule has 0 saturated carbocycles. The van der Waals surface area contributed by atoms with Crippen molar-refractivity contribution in [3.63, 3.8) is 0 Å². The van der Waals surface area contributed by atoms with E-state index in [1.54, 1.807) is 6.07 Å². The number of amides is 1. The third-order valence-electron chi connectivity index (χ3n) is 4.86. The third kappa shape index (κ3) is 4.75. The zero-order valence-corrected chi connectivity index (χ0v) is 19.1. The summed E-state index contributed by atoms with van der Waals surface area (Å²) in [5.41, 5.74) is 3.22. The Hall–Kier alpha value is -4.05. The highest BCUT2D eigenvalue weighted by Crippen LogP contribution is 2.30. The number of aryl methyl sites for hydroxylation is 1. The Kier molecular flexibility index (Phi) is 5.93. The van der Waals surface area contributed by atoms with Crippen LogP contribution >= 0.6 is 0 Å². The monoisotopic (exact) mass is 462 g/mol. The number of nitrogens with zero attached hydrogens (tertiary/aromatic N) is 3. The fourth-order valence-corrected chi connectivity index (χ4v) is 4.38. The van der Waals surface area contributed by atoms with Gasteiger partial charge in [0.25, 0.3) is 5.16 Å². The minimum Gasteiger partial charge on any atom is -0.326 e. The summed E-state index contributed by atoms with van der Waals surface area (Å²) in [6, 6.07) is 17.0. The van der Waals surface area contributed by atoms with E-state index in [2.05, 4.69) is 30.8 Å². The van der Waals surface area contributed by atoms with Crippen LogP contribution in [-0.2, 0) is 14.6 Å². The van der Waals surface area contributed by atoms with E-state index < -0.39 is 9.84 Å². The smallest absolute Gasteiger partial charge is 0.254 e. The summed E-state index contributed by atoms with van der Waals surface area (Å²) in [6.07, 6.45) is 0. The second-order valence-corrected chi connectivity index (χ2v) is 9.29. The maximum absolute atomic E-state index is 13.4. The molecule has 2 aromatic heterocycles. The van der Waals surface area contributed by atoms with Crippen molar-refractivity contribution in [2.24, 2.45) is 0 Å². The molecule has 0 fully saturated rings. The molecule has 4 aromatic rings. The standard InChI is InChI=1S/C23H22N6O3S/c1-14-13-20(29-28-14)25-22-15(2)21(17-7-5-4-6-8-17)26-23(27-22)33(31,32)19-11-9-18(10-12-19)24-16(3)30/h4-13H,1-3H3,(H,24,30)(H2,25,26,27,28,29). The number of carbonyl (C=O) groups excluding carboxylic acids is 1. The highest BCUT2D eigenvalue weighted by molar-refractivity contribution is 7.91. The van der Waals surface area contributed by atoms with Crippen molar-refractivity contribution >= 4 is 33.1 Å². The van der Waals surface area contributed by atoms with Gasteiger partial charge in [-0.2, -0.15) is 5.10 Å². The molecule has 0 atom stereocenters. The molecule has 0 spiro atoms. The normalized spacial score (nSPS) is 11.2. The summed E-state index contributed by atoms with van der Waals surface area (Å²) in [6.45, 7) is 5.04. The molecular weight excluding hydrogens is 440 g/mol. The first-order valence-corrected chi connectivity index (χ1v) is 11.6. The van der Waals surface area contributed by atoms with Gasteiger partial charge in [-0.1, -0.05) is 30.3 Å². The Morgan fingerprint density at radius 3 is 2.27 bits per heavy atom. The predicted octanol–water partition coefficient (Wildman–Crippen LogP) is 4.02. The zero-order valence-electron chi connectivity index (χ0n) is 18.2. The fourth-order valence-electron chi connectivity index (χ4n) is 3.25. The van der Waals surface area contributed by atoms with Crippen molar-refractivity contribution in [3.05, 3.63) is 71.9 Å². The fraction of sp³-hybridized carbons (Fsp3) is 0.130. The van der Waals surface area contributed by atoms with Crippen molar-refractivity contribution < 1.29 is 13.2 Å². The number of benzene rings is 2. The molecule has 2 heterocycles. The Bertz CT molecular complexity index is 1410. The molecule has 0 aliphatic heterocycles. The highest BCUT2D eigenvalue weighted by atomic mass is 32.2. The summed E-state index contributed by atoms with van der Waals surface area (Å²) in [4.78, 5) is 20.1. The van der Waals surface area contributed by atoms with Crippen LogP contribution in [-0.4, -0.2) is 34.5 Å². The number of H-pyrrole nitrogens is 1. The van der Waals surface area contributed by atoms with Gasteiger partial charge in [0.05, 0.1) is 16.3 Å². The molecule has 0 aliphatic rings. The van der Waals surface area contributed by atoms with Crippen molar-refractivity contribution in [1.29, 1.82) is 0 Å². The first-order chi connectivity index (χ1) is 15.7. The molecule has 0 saturated heterocycles. The summed E-state index contributed by atoms with van der Waals surface area (Å²) in [5.74, 6) is 0.682. The van der Waals surface area contributed by atoms with Gasteiger partial charge in [-0.3, -0.25) is 9.89 Å². The molecule has 1 amide bonds. The average Bonchev–Trinajstić information content (AvgIpc) is 3.20. The molecule has 168 valence electrons. The molecule has 10 heteroatoms. The van der Waals surface area contributed by atoms with E-state index in [0.717, 1.165) is 11.3 Å². The zero-order chi connectivity index (χ0) is 23.6. The summed E-state index contributed by atoms with van der Waals surface area (Å²) < 4.78 is 26.8. The van der Waals surface area contributed by atoms with Gasteiger partial charge in [0.15, 0.2) is 0 Å². The van der Waals surface area contributed by atoms with E-state index in [4.69, 9.17) is 0 Å². The van der Waals surface area contributed by atoms with Gasteiger partial charge in [0, 0.05) is 29.8 Å². The number of rotatable bonds is 6. The molecule has 4 rings (SSSR count). The van der Waals surface area contributed by atoms with E-state index in [1.165, 1.54) is 31.2 Å². The van der Waals surface area contributed by atoms with Crippen molar-refractivity contribution in [3.8, 4) is 11.3 Å². The van der Waals surface area contributed by atoms with Crippen LogP contribution in [0.1, 0.15) is 18.2 Å². The van der Waals surface area contributed by atoms with Crippen LogP contribution in [0.3, 0.4) is 0 Å².